The second-order valence-corrected chi connectivity index (χ2v) is 8.39. The number of hydrogen-bond acceptors (Lipinski definition) is 5. The average Bonchev–Trinajstić information content (AvgIpc) is 3.25. The van der Waals surface area contributed by atoms with Crippen LogP contribution in [0.5, 0.6) is 0 Å². The van der Waals surface area contributed by atoms with E-state index in [9.17, 15) is 9.59 Å². The number of unbranched alkanes of at least 4 members (excludes halogenated alkanes) is 4. The Balaban J connectivity index is 1.58. The van der Waals surface area contributed by atoms with Crippen molar-refractivity contribution in [1.29, 1.82) is 0 Å². The number of primary amides is 1. The predicted octanol–water partition coefficient (Wildman–Crippen LogP) is 3.60. The topological polar surface area (TPSA) is 95.8 Å². The molecule has 2 aromatic heterocycles. The van der Waals surface area contributed by atoms with Crippen LogP contribution < -0.4 is 11.3 Å². The number of nitrogens with two attached hydrogens (primary N) is 1. The molecule has 160 valence electrons. The minimum atomic E-state index is -0.275. The molecule has 0 aliphatic heterocycles. The molecule has 0 aliphatic carbocycles. The van der Waals surface area contributed by atoms with Crippen LogP contribution in [0.2, 0.25) is 0 Å². The van der Waals surface area contributed by atoms with E-state index >= 15 is 0 Å². The van der Waals surface area contributed by atoms with Gasteiger partial charge in [0.05, 0.1) is 10.9 Å². The van der Waals surface area contributed by atoms with Crippen molar-refractivity contribution in [2.24, 2.45) is 5.73 Å². The van der Waals surface area contributed by atoms with Crippen molar-refractivity contribution in [3.05, 3.63) is 53.1 Å². The Bertz CT molecular complexity index is 1000. The zero-order valence-corrected chi connectivity index (χ0v) is 18.0. The maximum absolute atomic E-state index is 13.0. The Morgan fingerprint density at radius 3 is 2.60 bits per heavy atom. The van der Waals surface area contributed by atoms with E-state index in [0.717, 1.165) is 61.5 Å². The van der Waals surface area contributed by atoms with Gasteiger partial charge in [0.2, 0.25) is 5.91 Å². The highest BCUT2D eigenvalue weighted by atomic mass is 32.2. The van der Waals surface area contributed by atoms with E-state index in [2.05, 4.69) is 5.10 Å². The number of amides is 1. The van der Waals surface area contributed by atoms with Gasteiger partial charge in [0.25, 0.3) is 5.56 Å². The van der Waals surface area contributed by atoms with Gasteiger partial charge in [0.1, 0.15) is 0 Å². The minimum absolute atomic E-state index is 0.0108. The van der Waals surface area contributed by atoms with Crippen molar-refractivity contribution < 1.29 is 4.79 Å². The predicted molar refractivity (Wildman–Crippen MR) is 120 cm³/mol. The lowest BCUT2D eigenvalue weighted by Gasteiger charge is -2.13. The van der Waals surface area contributed by atoms with Gasteiger partial charge >= 0.3 is 0 Å². The summed E-state index contributed by atoms with van der Waals surface area (Å²) in [7, 11) is 0. The molecule has 0 saturated carbocycles. The number of thioether (sulfide) groups is 1. The molecule has 0 aliphatic rings. The van der Waals surface area contributed by atoms with Crippen molar-refractivity contribution in [2.45, 2.75) is 63.2 Å². The molecule has 2 N–H and O–H groups in total. The minimum Gasteiger partial charge on any atom is -0.370 e. The fourth-order valence-electron chi connectivity index (χ4n) is 3.35. The highest BCUT2D eigenvalue weighted by molar-refractivity contribution is 7.99. The molecule has 3 rings (SSSR count). The van der Waals surface area contributed by atoms with E-state index in [1.54, 1.807) is 22.5 Å². The molecule has 2 heterocycles. The Labute approximate surface area is 180 Å². The monoisotopic (exact) mass is 427 g/mol. The normalized spacial score (nSPS) is 11.2. The highest BCUT2D eigenvalue weighted by Gasteiger charge is 2.11. The van der Waals surface area contributed by atoms with E-state index < -0.39 is 0 Å². The number of rotatable bonds is 13. The van der Waals surface area contributed by atoms with E-state index in [1.165, 1.54) is 0 Å². The Kier molecular flexibility index (Phi) is 8.50. The van der Waals surface area contributed by atoms with Crippen LogP contribution in [0.15, 0.2) is 52.7 Å². The summed E-state index contributed by atoms with van der Waals surface area (Å²) in [5, 5.41) is 5.65. The van der Waals surface area contributed by atoms with Crippen LogP contribution in [0.25, 0.3) is 10.9 Å². The van der Waals surface area contributed by atoms with Gasteiger partial charge in [-0.25, -0.2) is 4.98 Å². The maximum Gasteiger partial charge on any atom is 0.262 e. The van der Waals surface area contributed by atoms with E-state index in [4.69, 9.17) is 10.7 Å². The molecule has 0 saturated heterocycles. The molecule has 1 amide bonds. The van der Waals surface area contributed by atoms with Crippen LogP contribution in [0.1, 0.15) is 44.9 Å². The van der Waals surface area contributed by atoms with Crippen molar-refractivity contribution in [3.63, 3.8) is 0 Å². The summed E-state index contributed by atoms with van der Waals surface area (Å²) >= 11 is 1.65. The van der Waals surface area contributed by atoms with Crippen LogP contribution >= 0.6 is 11.8 Å². The van der Waals surface area contributed by atoms with Gasteiger partial charge in [0.15, 0.2) is 5.16 Å². The first kappa shape index (κ1) is 22.1. The van der Waals surface area contributed by atoms with Crippen LogP contribution in [0, 0.1) is 0 Å². The Morgan fingerprint density at radius 2 is 1.80 bits per heavy atom. The number of aryl methyl sites for hydroxylation is 1. The van der Waals surface area contributed by atoms with Gasteiger partial charge in [-0.2, -0.15) is 5.10 Å². The Hall–Kier alpha value is -2.61. The van der Waals surface area contributed by atoms with Gasteiger partial charge in [-0.1, -0.05) is 36.7 Å². The SMILES string of the molecule is NC(=O)CCCCCn1c(SCCCCCn2cccn2)nc2ccccc2c1=O. The molecule has 0 radical (unpaired) electrons. The fourth-order valence-corrected chi connectivity index (χ4v) is 4.37. The zero-order chi connectivity index (χ0) is 21.2. The van der Waals surface area contributed by atoms with Crippen molar-refractivity contribution >= 4 is 28.6 Å². The summed E-state index contributed by atoms with van der Waals surface area (Å²) in [5.74, 6) is 0.648. The third kappa shape index (κ3) is 6.45. The number of benzene rings is 1. The molecule has 3 aromatic rings. The molecular formula is C22H29N5O2S. The summed E-state index contributed by atoms with van der Waals surface area (Å²) in [4.78, 5) is 28.7. The van der Waals surface area contributed by atoms with Gasteiger partial charge in [-0.3, -0.25) is 18.8 Å². The van der Waals surface area contributed by atoms with Gasteiger partial charge in [-0.15, -0.1) is 0 Å². The molecule has 7 nitrogen and oxygen atoms in total. The maximum atomic E-state index is 13.0. The second-order valence-electron chi connectivity index (χ2n) is 7.32. The van der Waals surface area contributed by atoms with Gasteiger partial charge in [0, 0.05) is 37.7 Å². The van der Waals surface area contributed by atoms with Crippen LogP contribution in [-0.4, -0.2) is 31.0 Å². The van der Waals surface area contributed by atoms with Gasteiger partial charge in [-0.05, 0) is 43.9 Å². The number of carbonyl (C=O) groups excluding carboxylic acids is 1. The molecule has 0 spiro atoms. The first-order valence-corrected chi connectivity index (χ1v) is 11.5. The standard InChI is InChI=1S/C22H29N5O2S/c23-20(28)12-3-1-7-16-27-21(29)18-10-4-5-11-19(18)25-22(27)30-17-8-2-6-14-26-15-9-13-24-26/h4-5,9-11,13,15H,1-3,6-8,12,14,16-17H2,(H2,23,28). The zero-order valence-electron chi connectivity index (χ0n) is 17.2. The molecule has 30 heavy (non-hydrogen) atoms. The molecule has 0 bridgehead atoms. The van der Waals surface area contributed by atoms with Crippen molar-refractivity contribution in [1.82, 2.24) is 19.3 Å². The smallest absolute Gasteiger partial charge is 0.262 e. The van der Waals surface area contributed by atoms with E-state index in [-0.39, 0.29) is 11.5 Å². The summed E-state index contributed by atoms with van der Waals surface area (Å²) < 4.78 is 3.74. The number of carbonyl (C=O) groups is 1. The summed E-state index contributed by atoms with van der Waals surface area (Å²) in [6.07, 6.45) is 9.87. The number of fused-ring (bicyclic) bond motifs is 1. The number of nitrogens with zero attached hydrogens (tertiary/aromatic N) is 4. The lowest BCUT2D eigenvalue weighted by atomic mass is 10.2. The molecule has 8 heteroatoms. The van der Waals surface area contributed by atoms with E-state index in [0.29, 0.717) is 18.4 Å². The third-order valence-corrected chi connectivity index (χ3v) is 6.02. The van der Waals surface area contributed by atoms with Crippen LogP contribution in [0.4, 0.5) is 0 Å². The highest BCUT2D eigenvalue weighted by Crippen LogP contribution is 2.20. The van der Waals surface area contributed by atoms with Gasteiger partial charge < -0.3 is 5.73 Å². The number of aromatic nitrogens is 4. The first-order valence-electron chi connectivity index (χ1n) is 10.5. The second kappa shape index (κ2) is 11.5. The fraction of sp³-hybridized carbons (Fsp3) is 0.455. The summed E-state index contributed by atoms with van der Waals surface area (Å²) in [6, 6.07) is 9.44. The molecule has 0 fully saturated rings. The van der Waals surface area contributed by atoms with E-state index in [1.807, 2.05) is 41.2 Å². The number of para-hydroxylation sites is 1. The lowest BCUT2D eigenvalue weighted by molar-refractivity contribution is -0.118. The van der Waals surface area contributed by atoms with Crippen molar-refractivity contribution in [3.8, 4) is 0 Å². The largest absolute Gasteiger partial charge is 0.370 e. The average molecular weight is 428 g/mol. The summed E-state index contributed by atoms with van der Waals surface area (Å²) in [5.41, 5.74) is 5.96. The lowest BCUT2D eigenvalue weighted by Crippen LogP contribution is -2.23. The molecule has 1 aromatic carbocycles. The number of hydrogen-bond donors (Lipinski definition) is 1. The molecule has 0 atom stereocenters. The molecular weight excluding hydrogens is 398 g/mol. The quantitative estimate of drug-likeness (QED) is 0.255. The Morgan fingerprint density at radius 1 is 1.00 bits per heavy atom. The third-order valence-electron chi connectivity index (χ3n) is 4.95. The van der Waals surface area contributed by atoms with Crippen LogP contribution in [0.3, 0.4) is 0 Å². The van der Waals surface area contributed by atoms with Crippen LogP contribution in [-0.2, 0) is 17.9 Å². The molecule has 0 unspecified atom stereocenters. The van der Waals surface area contributed by atoms with Crippen molar-refractivity contribution in [2.75, 3.05) is 5.75 Å². The summed E-state index contributed by atoms with van der Waals surface area (Å²) in [6.45, 7) is 1.54. The first-order chi connectivity index (χ1) is 14.6.